The van der Waals surface area contributed by atoms with Gasteiger partial charge in [-0.3, -0.25) is 9.79 Å². The summed E-state index contributed by atoms with van der Waals surface area (Å²) in [5.74, 6) is -0.765. The van der Waals surface area contributed by atoms with Gasteiger partial charge in [0.15, 0.2) is 0 Å². The minimum absolute atomic E-state index is 0.0607. The van der Waals surface area contributed by atoms with E-state index in [9.17, 15) is 19.5 Å². The number of rotatable bonds is 20. The fourth-order valence-corrected chi connectivity index (χ4v) is 6.76. The van der Waals surface area contributed by atoms with E-state index in [0.29, 0.717) is 35.6 Å². The van der Waals surface area contributed by atoms with E-state index < -0.39 is 5.97 Å². The second kappa shape index (κ2) is 20.4. The summed E-state index contributed by atoms with van der Waals surface area (Å²) < 4.78 is 6.46. The molecule has 3 amide bonds. The van der Waals surface area contributed by atoms with Crippen molar-refractivity contribution in [3.8, 4) is 22.5 Å². The molecule has 286 valence electrons. The number of aryl methyl sites for hydroxylation is 2. The third-order valence-electron chi connectivity index (χ3n) is 9.45. The molecule has 0 bridgehead atoms. The molecule has 0 saturated carbocycles. The van der Waals surface area contributed by atoms with Crippen molar-refractivity contribution in [1.29, 1.82) is 0 Å². The molecule has 0 spiro atoms. The van der Waals surface area contributed by atoms with Gasteiger partial charge in [0.25, 0.3) is 5.91 Å². The lowest BCUT2D eigenvalue weighted by molar-refractivity contribution is 0.0697. The van der Waals surface area contributed by atoms with Crippen LogP contribution >= 0.6 is 0 Å². The number of carbonyl (C=O) groups excluding carboxylic acids is 2. The fraction of sp³-hybridized carbons (Fsp3) is 0.488. The number of carbonyl (C=O) groups is 3. The smallest absolute Gasteiger partial charge is 0.336 e. The second-order valence-electron chi connectivity index (χ2n) is 14.2. The highest BCUT2D eigenvalue weighted by atomic mass is 16.4. The van der Waals surface area contributed by atoms with E-state index in [1.165, 1.54) is 38.2 Å². The fourth-order valence-electron chi connectivity index (χ4n) is 6.76. The number of carboxylic acids is 1. The molecule has 0 unspecified atom stereocenters. The second-order valence-corrected chi connectivity index (χ2v) is 14.2. The Balaban J connectivity index is 1.36. The van der Waals surface area contributed by atoms with Crippen LogP contribution in [0.1, 0.15) is 124 Å². The molecule has 2 aromatic rings. The third-order valence-corrected chi connectivity index (χ3v) is 9.45. The summed E-state index contributed by atoms with van der Waals surface area (Å²) in [5, 5.41) is 24.2. The zero-order valence-corrected chi connectivity index (χ0v) is 32.5. The summed E-state index contributed by atoms with van der Waals surface area (Å²) in [6.45, 7) is 14.6. The van der Waals surface area contributed by atoms with Crippen LogP contribution in [0.25, 0.3) is 33.4 Å². The van der Waals surface area contributed by atoms with Gasteiger partial charge in [0.2, 0.25) is 0 Å². The third kappa shape index (κ3) is 11.6. The molecule has 10 nitrogen and oxygen atoms in total. The molecule has 1 aliphatic heterocycles. The maximum absolute atomic E-state index is 13.2. The van der Waals surface area contributed by atoms with Gasteiger partial charge in [-0.05, 0) is 95.3 Å². The summed E-state index contributed by atoms with van der Waals surface area (Å²) >= 11 is 0. The van der Waals surface area contributed by atoms with Crippen molar-refractivity contribution < 1.29 is 23.9 Å². The molecular formula is C43H59N5O5. The predicted octanol–water partition coefficient (Wildman–Crippen LogP) is 9.21. The maximum atomic E-state index is 13.2. The van der Waals surface area contributed by atoms with Gasteiger partial charge in [-0.15, -0.1) is 0 Å². The maximum Gasteiger partial charge on any atom is 0.336 e. The van der Waals surface area contributed by atoms with Crippen LogP contribution in [0, 0.1) is 13.8 Å². The standard InChI is InChI=1S/C43H59N5O5/c1-7-44-36-26-38-34(23-29(36)5)40(35-24-30(6)37(45-8-2)27-39(35)53-38)32-20-19-31(25-33(32)42(50)51)41(49)46-21-17-15-13-11-9-10-12-14-16-18-22-47-43(52)48-28(3)4/h19-20,23-28,44H,7-18,21-22H2,1-6H3,(H,46,49)(H,50,51)(H2,47,48,52). The zero-order valence-electron chi connectivity index (χ0n) is 32.5. The number of unbranched alkanes of at least 4 members (excludes halogenated alkanes) is 9. The number of anilines is 1. The van der Waals surface area contributed by atoms with E-state index in [-0.39, 0.29) is 23.5 Å². The Hall–Kier alpha value is -4.86. The molecule has 5 N–H and O–H groups in total. The van der Waals surface area contributed by atoms with E-state index >= 15 is 0 Å². The number of amides is 3. The molecular weight excluding hydrogens is 667 g/mol. The summed E-state index contributed by atoms with van der Waals surface area (Å²) in [6.07, 6.45) is 11.2. The van der Waals surface area contributed by atoms with E-state index in [0.717, 1.165) is 83.9 Å². The first-order valence-corrected chi connectivity index (χ1v) is 19.5. The van der Waals surface area contributed by atoms with E-state index in [4.69, 9.17) is 4.42 Å². The highest BCUT2D eigenvalue weighted by molar-refractivity contribution is 6.09. The van der Waals surface area contributed by atoms with Gasteiger partial charge in [0.1, 0.15) is 11.3 Å². The summed E-state index contributed by atoms with van der Waals surface area (Å²) in [4.78, 5) is 42.2. The van der Waals surface area contributed by atoms with Crippen LogP contribution in [0.15, 0.2) is 51.9 Å². The minimum Gasteiger partial charge on any atom is -0.478 e. The van der Waals surface area contributed by atoms with Crippen molar-refractivity contribution in [1.82, 2.24) is 16.0 Å². The molecule has 1 heterocycles. The highest BCUT2D eigenvalue weighted by Crippen LogP contribution is 2.43. The Morgan fingerprint density at radius 1 is 0.774 bits per heavy atom. The molecule has 0 radical (unpaired) electrons. The van der Waals surface area contributed by atoms with Crippen molar-refractivity contribution in [2.24, 2.45) is 4.99 Å². The summed E-state index contributed by atoms with van der Waals surface area (Å²) in [5.41, 5.74) is 6.01. The lowest BCUT2D eigenvalue weighted by Gasteiger charge is -2.19. The Morgan fingerprint density at radius 2 is 1.42 bits per heavy atom. The Bertz CT molecular complexity index is 1900. The van der Waals surface area contributed by atoms with Crippen molar-refractivity contribution in [2.45, 2.75) is 112 Å². The summed E-state index contributed by atoms with van der Waals surface area (Å²) in [7, 11) is 0. The number of aromatic carboxylic acids is 1. The Morgan fingerprint density at radius 3 is 2.02 bits per heavy atom. The Kier molecular flexibility index (Phi) is 15.7. The lowest BCUT2D eigenvalue weighted by atomic mass is 9.88. The normalized spacial score (nSPS) is 11.7. The van der Waals surface area contributed by atoms with Crippen molar-refractivity contribution in [3.63, 3.8) is 0 Å². The molecule has 10 heteroatoms. The molecule has 4 rings (SSSR count). The number of benzene rings is 3. The van der Waals surface area contributed by atoms with Gasteiger partial charge in [0.05, 0.1) is 10.9 Å². The van der Waals surface area contributed by atoms with Crippen LogP contribution in [0.4, 0.5) is 10.5 Å². The first kappa shape index (κ1) is 40.9. The van der Waals surface area contributed by atoms with Gasteiger partial charge in [0, 0.05) is 72.1 Å². The number of fused-ring (bicyclic) bond motifs is 2. The Labute approximate surface area is 314 Å². The van der Waals surface area contributed by atoms with E-state index in [1.807, 2.05) is 65.8 Å². The first-order valence-electron chi connectivity index (χ1n) is 19.5. The van der Waals surface area contributed by atoms with Gasteiger partial charge in [-0.2, -0.15) is 0 Å². The van der Waals surface area contributed by atoms with E-state index in [1.54, 1.807) is 12.1 Å². The molecule has 0 aromatic heterocycles. The van der Waals surface area contributed by atoms with Gasteiger partial charge in [-0.25, -0.2) is 9.59 Å². The number of urea groups is 1. The number of nitrogens with one attached hydrogen (secondary N) is 4. The quantitative estimate of drug-likeness (QED) is 0.0454. The topological polar surface area (TPSA) is 145 Å². The molecule has 0 saturated heterocycles. The van der Waals surface area contributed by atoms with E-state index in [2.05, 4.69) is 26.3 Å². The first-order chi connectivity index (χ1) is 25.5. The number of hydrogen-bond donors (Lipinski definition) is 5. The largest absolute Gasteiger partial charge is 0.478 e. The van der Waals surface area contributed by atoms with Crippen LogP contribution in [-0.2, 0) is 0 Å². The zero-order chi connectivity index (χ0) is 38.3. The summed E-state index contributed by atoms with van der Waals surface area (Å²) in [6, 6.07) is 13.0. The minimum atomic E-state index is -1.10. The lowest BCUT2D eigenvalue weighted by Crippen LogP contribution is -2.39. The molecule has 1 aliphatic carbocycles. The van der Waals surface area contributed by atoms with Crippen LogP contribution in [-0.4, -0.2) is 55.2 Å². The molecule has 53 heavy (non-hydrogen) atoms. The molecule has 0 fully saturated rings. The predicted molar refractivity (Wildman–Crippen MR) is 215 cm³/mol. The van der Waals surface area contributed by atoms with Crippen LogP contribution in [0.2, 0.25) is 0 Å². The average Bonchev–Trinajstić information content (AvgIpc) is 3.11. The van der Waals surface area contributed by atoms with Crippen molar-refractivity contribution in [3.05, 3.63) is 70.1 Å². The monoisotopic (exact) mass is 725 g/mol. The number of nitrogens with zero attached hydrogens (tertiary/aromatic N) is 1. The number of hydrogen-bond acceptors (Lipinski definition) is 6. The molecule has 2 aromatic carbocycles. The van der Waals surface area contributed by atoms with Crippen LogP contribution in [0.5, 0.6) is 0 Å². The molecule has 0 atom stereocenters. The van der Waals surface area contributed by atoms with Gasteiger partial charge < -0.3 is 30.8 Å². The SMILES string of the molecule is CCN=c1cc2oc3cc(NCC)c(C)cc3c(-c3ccc(C(=O)NCCCCCCCCCCCCNC(=O)NC(C)C)cc3C(=O)O)c-2cc1C. The van der Waals surface area contributed by atoms with Crippen molar-refractivity contribution >= 4 is 34.6 Å². The van der Waals surface area contributed by atoms with Gasteiger partial charge in [-0.1, -0.05) is 57.4 Å². The average molecular weight is 726 g/mol. The highest BCUT2D eigenvalue weighted by Gasteiger charge is 2.24. The molecule has 2 aliphatic rings. The van der Waals surface area contributed by atoms with Crippen LogP contribution < -0.4 is 26.6 Å². The van der Waals surface area contributed by atoms with Crippen molar-refractivity contribution in [2.75, 3.05) is 31.5 Å². The van der Waals surface area contributed by atoms with Crippen LogP contribution in [0.3, 0.4) is 0 Å². The number of carboxylic acid groups (broad SMARTS) is 1. The van der Waals surface area contributed by atoms with Gasteiger partial charge >= 0.3 is 12.0 Å².